The number of amides is 1. The van der Waals surface area contributed by atoms with E-state index in [1.54, 1.807) is 0 Å². The maximum absolute atomic E-state index is 11.7. The molecule has 1 heterocycles. The molecule has 0 aromatic heterocycles. The molecular formula is C10H19NO2S. The van der Waals surface area contributed by atoms with Crippen molar-refractivity contribution in [3.05, 3.63) is 0 Å². The SMILES string of the molecule is CCC(C)(CO)NC(=O)C1CCSC1. The third-order valence-corrected chi connectivity index (χ3v) is 4.02. The van der Waals surface area contributed by atoms with Gasteiger partial charge in [-0.15, -0.1) is 0 Å². The van der Waals surface area contributed by atoms with Crippen molar-refractivity contribution in [1.29, 1.82) is 0 Å². The van der Waals surface area contributed by atoms with Crippen molar-refractivity contribution in [3.8, 4) is 0 Å². The van der Waals surface area contributed by atoms with Crippen LogP contribution in [0.5, 0.6) is 0 Å². The first kappa shape index (κ1) is 11.9. The van der Waals surface area contributed by atoms with Crippen molar-refractivity contribution in [2.45, 2.75) is 32.2 Å². The maximum atomic E-state index is 11.7. The molecule has 2 unspecified atom stereocenters. The molecule has 0 bridgehead atoms. The van der Waals surface area contributed by atoms with Gasteiger partial charge in [0, 0.05) is 11.7 Å². The molecule has 0 aromatic rings. The maximum Gasteiger partial charge on any atom is 0.224 e. The fraction of sp³-hybridized carbons (Fsp3) is 0.900. The van der Waals surface area contributed by atoms with Gasteiger partial charge < -0.3 is 10.4 Å². The number of hydrogen-bond donors (Lipinski definition) is 2. The van der Waals surface area contributed by atoms with Crippen LogP contribution in [0.2, 0.25) is 0 Å². The van der Waals surface area contributed by atoms with Crippen LogP contribution in [0.3, 0.4) is 0 Å². The van der Waals surface area contributed by atoms with E-state index in [4.69, 9.17) is 5.11 Å². The second-order valence-corrected chi connectivity index (χ2v) is 5.27. The lowest BCUT2D eigenvalue weighted by Gasteiger charge is -2.28. The zero-order valence-electron chi connectivity index (χ0n) is 8.88. The van der Waals surface area contributed by atoms with Crippen LogP contribution in [0.4, 0.5) is 0 Å². The number of nitrogens with one attached hydrogen (secondary N) is 1. The van der Waals surface area contributed by atoms with Crippen molar-refractivity contribution >= 4 is 17.7 Å². The average Bonchev–Trinajstić information content (AvgIpc) is 2.70. The number of rotatable bonds is 4. The van der Waals surface area contributed by atoms with E-state index >= 15 is 0 Å². The monoisotopic (exact) mass is 217 g/mol. The normalized spacial score (nSPS) is 25.8. The van der Waals surface area contributed by atoms with E-state index in [1.165, 1.54) is 0 Å². The fourth-order valence-electron chi connectivity index (χ4n) is 1.38. The summed E-state index contributed by atoms with van der Waals surface area (Å²) >= 11 is 1.83. The molecule has 0 aliphatic carbocycles. The Kier molecular flexibility index (Phi) is 4.26. The molecule has 0 spiro atoms. The quantitative estimate of drug-likeness (QED) is 0.739. The third kappa shape index (κ3) is 2.89. The Morgan fingerprint density at radius 1 is 1.71 bits per heavy atom. The van der Waals surface area contributed by atoms with Gasteiger partial charge in [-0.1, -0.05) is 6.92 Å². The Morgan fingerprint density at radius 2 is 2.43 bits per heavy atom. The van der Waals surface area contributed by atoms with E-state index in [2.05, 4.69) is 5.32 Å². The number of aliphatic hydroxyl groups is 1. The van der Waals surface area contributed by atoms with Crippen LogP contribution in [0.1, 0.15) is 26.7 Å². The summed E-state index contributed by atoms with van der Waals surface area (Å²) in [5.41, 5.74) is -0.440. The predicted molar refractivity (Wildman–Crippen MR) is 59.4 cm³/mol. The summed E-state index contributed by atoms with van der Waals surface area (Å²) in [6.45, 7) is 3.86. The molecule has 2 N–H and O–H groups in total. The van der Waals surface area contributed by atoms with Gasteiger partial charge in [0.1, 0.15) is 0 Å². The number of hydrogen-bond acceptors (Lipinski definition) is 3. The van der Waals surface area contributed by atoms with Crippen LogP contribution in [-0.4, -0.2) is 34.7 Å². The van der Waals surface area contributed by atoms with E-state index in [9.17, 15) is 4.79 Å². The van der Waals surface area contributed by atoms with Crippen LogP contribution in [0.25, 0.3) is 0 Å². The highest BCUT2D eigenvalue weighted by Gasteiger charge is 2.29. The van der Waals surface area contributed by atoms with Gasteiger partial charge in [0.2, 0.25) is 5.91 Å². The summed E-state index contributed by atoms with van der Waals surface area (Å²) in [4.78, 5) is 11.7. The fourth-order valence-corrected chi connectivity index (χ4v) is 2.60. The molecule has 1 amide bonds. The Hall–Kier alpha value is -0.220. The molecule has 0 aromatic carbocycles. The summed E-state index contributed by atoms with van der Waals surface area (Å²) in [5.74, 6) is 2.27. The summed E-state index contributed by atoms with van der Waals surface area (Å²) < 4.78 is 0. The summed E-state index contributed by atoms with van der Waals surface area (Å²) in [7, 11) is 0. The summed E-state index contributed by atoms with van der Waals surface area (Å²) in [6, 6.07) is 0. The Balaban J connectivity index is 2.45. The molecule has 0 radical (unpaired) electrons. The largest absolute Gasteiger partial charge is 0.394 e. The van der Waals surface area contributed by atoms with Crippen molar-refractivity contribution in [2.24, 2.45) is 5.92 Å². The lowest BCUT2D eigenvalue weighted by Crippen LogP contribution is -2.50. The molecule has 1 aliphatic heterocycles. The standard InChI is InChI=1S/C10H19NO2S/c1-3-10(2,7-12)11-9(13)8-4-5-14-6-8/h8,12H,3-7H2,1-2H3,(H,11,13). The summed E-state index contributed by atoms with van der Waals surface area (Å²) in [5, 5.41) is 12.1. The highest BCUT2D eigenvalue weighted by Crippen LogP contribution is 2.24. The molecule has 1 saturated heterocycles. The Bertz CT molecular complexity index is 198. The number of carbonyl (C=O) groups is 1. The van der Waals surface area contributed by atoms with Gasteiger partial charge in [-0.05, 0) is 25.5 Å². The average molecular weight is 217 g/mol. The van der Waals surface area contributed by atoms with Gasteiger partial charge in [0.05, 0.1) is 12.1 Å². The smallest absolute Gasteiger partial charge is 0.224 e. The van der Waals surface area contributed by atoms with E-state index in [0.717, 1.165) is 24.3 Å². The number of carbonyl (C=O) groups excluding carboxylic acids is 1. The molecule has 1 aliphatic rings. The van der Waals surface area contributed by atoms with Gasteiger partial charge >= 0.3 is 0 Å². The topological polar surface area (TPSA) is 49.3 Å². The molecule has 1 rings (SSSR count). The van der Waals surface area contributed by atoms with Crippen molar-refractivity contribution in [3.63, 3.8) is 0 Å². The minimum Gasteiger partial charge on any atom is -0.394 e. The minimum absolute atomic E-state index is 0.00903. The van der Waals surface area contributed by atoms with Crippen LogP contribution >= 0.6 is 11.8 Å². The molecule has 2 atom stereocenters. The first-order valence-corrected chi connectivity index (χ1v) is 6.27. The zero-order valence-corrected chi connectivity index (χ0v) is 9.69. The van der Waals surface area contributed by atoms with Gasteiger partial charge in [0.25, 0.3) is 0 Å². The van der Waals surface area contributed by atoms with Crippen LogP contribution < -0.4 is 5.32 Å². The van der Waals surface area contributed by atoms with Crippen LogP contribution in [0.15, 0.2) is 0 Å². The second-order valence-electron chi connectivity index (χ2n) is 4.12. The molecule has 4 heteroatoms. The third-order valence-electron chi connectivity index (χ3n) is 2.85. The highest BCUT2D eigenvalue weighted by molar-refractivity contribution is 7.99. The predicted octanol–water partition coefficient (Wildman–Crippen LogP) is 1.02. The van der Waals surface area contributed by atoms with Crippen molar-refractivity contribution in [1.82, 2.24) is 5.32 Å². The van der Waals surface area contributed by atoms with Crippen molar-refractivity contribution < 1.29 is 9.90 Å². The molecule has 1 fully saturated rings. The van der Waals surface area contributed by atoms with E-state index in [-0.39, 0.29) is 18.4 Å². The lowest BCUT2D eigenvalue weighted by molar-refractivity contribution is -0.126. The lowest BCUT2D eigenvalue weighted by atomic mass is 9.98. The van der Waals surface area contributed by atoms with E-state index < -0.39 is 5.54 Å². The number of thioether (sulfide) groups is 1. The van der Waals surface area contributed by atoms with Gasteiger partial charge in [-0.25, -0.2) is 0 Å². The molecule has 0 saturated carbocycles. The minimum atomic E-state index is -0.440. The molecule has 82 valence electrons. The van der Waals surface area contributed by atoms with Crippen LogP contribution in [-0.2, 0) is 4.79 Å². The Morgan fingerprint density at radius 3 is 2.86 bits per heavy atom. The number of aliphatic hydroxyl groups excluding tert-OH is 1. The first-order valence-electron chi connectivity index (χ1n) is 5.12. The van der Waals surface area contributed by atoms with Gasteiger partial charge in [-0.3, -0.25) is 4.79 Å². The molecule has 3 nitrogen and oxygen atoms in total. The second kappa shape index (κ2) is 5.03. The van der Waals surface area contributed by atoms with E-state index in [1.807, 2.05) is 25.6 Å². The summed E-state index contributed by atoms with van der Waals surface area (Å²) in [6.07, 6.45) is 1.73. The zero-order chi connectivity index (χ0) is 10.6. The first-order chi connectivity index (χ1) is 6.61. The van der Waals surface area contributed by atoms with E-state index in [0.29, 0.717) is 0 Å². The molecule has 14 heavy (non-hydrogen) atoms. The van der Waals surface area contributed by atoms with Gasteiger partial charge in [0.15, 0.2) is 0 Å². The van der Waals surface area contributed by atoms with Gasteiger partial charge in [-0.2, -0.15) is 11.8 Å². The van der Waals surface area contributed by atoms with Crippen molar-refractivity contribution in [2.75, 3.05) is 18.1 Å². The van der Waals surface area contributed by atoms with Crippen LogP contribution in [0, 0.1) is 5.92 Å². The Labute approximate surface area is 89.6 Å². The molecular weight excluding hydrogens is 198 g/mol. The highest BCUT2D eigenvalue weighted by atomic mass is 32.2.